The van der Waals surface area contributed by atoms with E-state index in [0.29, 0.717) is 11.6 Å². The average Bonchev–Trinajstić information content (AvgIpc) is 2.75. The molecule has 0 aliphatic carbocycles. The Morgan fingerprint density at radius 1 is 0.806 bits per heavy atom. The van der Waals surface area contributed by atoms with Crippen LogP contribution in [0.3, 0.4) is 0 Å². The topological polar surface area (TPSA) is 52.6 Å². The molecule has 31 heavy (non-hydrogen) atoms. The predicted molar refractivity (Wildman–Crippen MR) is 128 cm³/mol. The first-order chi connectivity index (χ1) is 15.0. The highest BCUT2D eigenvalue weighted by atomic mass is 35.5. The molecule has 0 aliphatic heterocycles. The van der Waals surface area contributed by atoms with E-state index in [2.05, 4.69) is 6.92 Å². The van der Waals surface area contributed by atoms with Crippen LogP contribution in [-0.2, 0) is 14.3 Å². The number of esters is 2. The van der Waals surface area contributed by atoms with Crippen molar-refractivity contribution in [2.24, 2.45) is 0 Å². The Balaban J connectivity index is 1.98. The maximum absolute atomic E-state index is 11.8. The summed E-state index contributed by atoms with van der Waals surface area (Å²) in [6, 6.07) is 5.15. The maximum Gasteiger partial charge on any atom is 0.336 e. The van der Waals surface area contributed by atoms with Crippen LogP contribution in [0.5, 0.6) is 5.75 Å². The molecule has 0 unspecified atom stereocenters. The normalized spacial score (nSPS) is 11.1. The molecule has 0 spiro atoms. The second-order valence-corrected chi connectivity index (χ2v) is 8.51. The van der Waals surface area contributed by atoms with E-state index in [9.17, 15) is 9.59 Å². The summed E-state index contributed by atoms with van der Waals surface area (Å²) in [5.41, 5.74) is 0.924. The minimum atomic E-state index is -0.662. The molecule has 5 heteroatoms. The highest BCUT2D eigenvalue weighted by Crippen LogP contribution is 2.25. The number of halogens is 1. The molecular formula is C26H39ClO4. The van der Waals surface area contributed by atoms with E-state index in [-0.39, 0.29) is 5.75 Å². The van der Waals surface area contributed by atoms with Gasteiger partial charge in [-0.2, -0.15) is 0 Å². The summed E-state index contributed by atoms with van der Waals surface area (Å²) in [6.45, 7) is 4.50. The SMILES string of the molecule is CCCCCCCCCCCCCCCOC(=O)/C=C/C(=O)Oc1cc(C)ccc1Cl. The summed E-state index contributed by atoms with van der Waals surface area (Å²) in [7, 11) is 0. The van der Waals surface area contributed by atoms with Crippen molar-refractivity contribution in [2.75, 3.05) is 6.61 Å². The highest BCUT2D eigenvalue weighted by Gasteiger charge is 2.07. The first kappa shape index (κ1) is 27.2. The smallest absolute Gasteiger partial charge is 0.336 e. The molecule has 1 rings (SSSR count). The van der Waals surface area contributed by atoms with Crippen LogP contribution in [0.2, 0.25) is 5.02 Å². The van der Waals surface area contributed by atoms with Crippen LogP contribution in [0.25, 0.3) is 0 Å². The number of hydrogen-bond donors (Lipinski definition) is 0. The Morgan fingerprint density at radius 3 is 1.90 bits per heavy atom. The van der Waals surface area contributed by atoms with Crippen LogP contribution in [-0.4, -0.2) is 18.5 Å². The molecule has 0 heterocycles. The largest absolute Gasteiger partial charge is 0.463 e. The molecule has 1 aromatic carbocycles. The Labute approximate surface area is 193 Å². The summed E-state index contributed by atoms with van der Waals surface area (Å²) in [5, 5.41) is 0.345. The molecule has 4 nitrogen and oxygen atoms in total. The number of rotatable bonds is 17. The molecule has 0 fully saturated rings. The molecule has 0 aliphatic rings. The second kappa shape index (κ2) is 17.8. The van der Waals surface area contributed by atoms with E-state index >= 15 is 0 Å². The zero-order chi connectivity index (χ0) is 22.7. The van der Waals surface area contributed by atoms with Gasteiger partial charge in [-0.25, -0.2) is 9.59 Å². The van der Waals surface area contributed by atoms with Gasteiger partial charge in [-0.05, 0) is 31.0 Å². The van der Waals surface area contributed by atoms with Gasteiger partial charge >= 0.3 is 11.9 Å². The fourth-order valence-electron chi connectivity index (χ4n) is 3.31. The van der Waals surface area contributed by atoms with Gasteiger partial charge in [0.25, 0.3) is 0 Å². The van der Waals surface area contributed by atoms with Crippen LogP contribution in [0.1, 0.15) is 96.0 Å². The maximum atomic E-state index is 11.8. The lowest BCUT2D eigenvalue weighted by Crippen LogP contribution is -2.07. The standard InChI is InChI=1S/C26H39ClO4/c1-3-4-5-6-7-8-9-10-11-12-13-14-15-20-30-25(28)18-19-26(29)31-24-21-22(2)16-17-23(24)27/h16-19,21H,3-15,20H2,1-2H3/b19-18+. The van der Waals surface area contributed by atoms with Crippen molar-refractivity contribution in [3.05, 3.63) is 40.9 Å². The van der Waals surface area contributed by atoms with Gasteiger partial charge in [0, 0.05) is 12.2 Å². The third-order valence-electron chi connectivity index (χ3n) is 5.14. The molecule has 174 valence electrons. The van der Waals surface area contributed by atoms with Gasteiger partial charge in [0.2, 0.25) is 0 Å². The van der Waals surface area contributed by atoms with Crippen LogP contribution in [0.4, 0.5) is 0 Å². The lowest BCUT2D eigenvalue weighted by atomic mass is 10.0. The van der Waals surface area contributed by atoms with Gasteiger partial charge in [0.15, 0.2) is 0 Å². The summed E-state index contributed by atoms with van der Waals surface area (Å²) in [4.78, 5) is 23.5. The van der Waals surface area contributed by atoms with E-state index in [4.69, 9.17) is 21.1 Å². The van der Waals surface area contributed by atoms with Crippen molar-refractivity contribution >= 4 is 23.5 Å². The van der Waals surface area contributed by atoms with E-state index in [1.54, 1.807) is 12.1 Å². The fourth-order valence-corrected chi connectivity index (χ4v) is 3.46. The first-order valence-electron chi connectivity index (χ1n) is 11.9. The Morgan fingerprint density at radius 2 is 1.32 bits per heavy atom. The lowest BCUT2D eigenvalue weighted by molar-refractivity contribution is -0.138. The van der Waals surface area contributed by atoms with Crippen molar-refractivity contribution in [1.82, 2.24) is 0 Å². The number of hydrogen-bond acceptors (Lipinski definition) is 4. The highest BCUT2D eigenvalue weighted by molar-refractivity contribution is 6.32. The van der Waals surface area contributed by atoms with Gasteiger partial charge in [-0.15, -0.1) is 0 Å². The summed E-state index contributed by atoms with van der Waals surface area (Å²) in [6.07, 6.45) is 18.7. The molecule has 0 amide bonds. The molecule has 0 bridgehead atoms. The molecule has 0 N–H and O–H groups in total. The molecule has 0 saturated carbocycles. The van der Waals surface area contributed by atoms with Crippen LogP contribution in [0, 0.1) is 6.92 Å². The molecule has 0 aromatic heterocycles. The van der Waals surface area contributed by atoms with Crippen LogP contribution < -0.4 is 4.74 Å². The molecule has 0 saturated heterocycles. The van der Waals surface area contributed by atoms with E-state index < -0.39 is 11.9 Å². The van der Waals surface area contributed by atoms with E-state index in [0.717, 1.165) is 30.6 Å². The second-order valence-electron chi connectivity index (χ2n) is 8.10. The third-order valence-corrected chi connectivity index (χ3v) is 5.46. The van der Waals surface area contributed by atoms with Gasteiger partial charge in [-0.3, -0.25) is 0 Å². The molecule has 0 atom stereocenters. The third kappa shape index (κ3) is 14.8. The Kier molecular flexibility index (Phi) is 15.7. The zero-order valence-corrected chi connectivity index (χ0v) is 20.1. The van der Waals surface area contributed by atoms with E-state index in [1.165, 1.54) is 70.6 Å². The van der Waals surface area contributed by atoms with Crippen LogP contribution >= 0.6 is 11.6 Å². The number of unbranched alkanes of at least 4 members (excludes halogenated alkanes) is 12. The number of benzene rings is 1. The Bertz CT molecular complexity index is 669. The van der Waals surface area contributed by atoms with Gasteiger partial charge in [-0.1, -0.05) is 102 Å². The number of carbonyl (C=O) groups excluding carboxylic acids is 2. The number of aryl methyl sites for hydroxylation is 1. The van der Waals surface area contributed by atoms with Crippen molar-refractivity contribution in [3.8, 4) is 5.75 Å². The molecular weight excluding hydrogens is 412 g/mol. The lowest BCUT2D eigenvalue weighted by Gasteiger charge is -2.05. The number of ether oxygens (including phenoxy) is 2. The van der Waals surface area contributed by atoms with Gasteiger partial charge in [0.05, 0.1) is 11.6 Å². The van der Waals surface area contributed by atoms with E-state index in [1.807, 2.05) is 13.0 Å². The van der Waals surface area contributed by atoms with Crippen molar-refractivity contribution in [2.45, 2.75) is 97.3 Å². The van der Waals surface area contributed by atoms with Crippen LogP contribution in [0.15, 0.2) is 30.4 Å². The molecule has 1 aromatic rings. The van der Waals surface area contributed by atoms with Gasteiger partial charge in [0.1, 0.15) is 5.75 Å². The molecule has 0 radical (unpaired) electrons. The summed E-state index contributed by atoms with van der Waals surface area (Å²) >= 11 is 5.98. The van der Waals surface area contributed by atoms with Crippen molar-refractivity contribution < 1.29 is 19.1 Å². The minimum absolute atomic E-state index is 0.275. The Hall–Kier alpha value is -1.81. The monoisotopic (exact) mass is 450 g/mol. The van der Waals surface area contributed by atoms with Crippen molar-refractivity contribution in [1.29, 1.82) is 0 Å². The first-order valence-corrected chi connectivity index (χ1v) is 12.2. The van der Waals surface area contributed by atoms with Crippen molar-refractivity contribution in [3.63, 3.8) is 0 Å². The quantitative estimate of drug-likeness (QED) is 0.105. The average molecular weight is 451 g/mol. The summed E-state index contributed by atoms with van der Waals surface area (Å²) in [5.74, 6) is -0.923. The summed E-state index contributed by atoms with van der Waals surface area (Å²) < 4.78 is 10.3. The number of carbonyl (C=O) groups is 2. The zero-order valence-electron chi connectivity index (χ0n) is 19.3. The predicted octanol–water partition coefficient (Wildman–Crippen LogP) is 7.74. The minimum Gasteiger partial charge on any atom is -0.463 e. The fraction of sp³-hybridized carbons (Fsp3) is 0.615. The van der Waals surface area contributed by atoms with Gasteiger partial charge < -0.3 is 9.47 Å².